The number of hydrogen-bond donors (Lipinski definition) is 0. The quantitative estimate of drug-likeness (QED) is 0.332. The van der Waals surface area contributed by atoms with E-state index >= 15 is 0 Å². The number of hydrogen-bond acceptors (Lipinski definition) is 3. The van der Waals surface area contributed by atoms with E-state index in [2.05, 4.69) is 0 Å². The predicted molar refractivity (Wildman–Crippen MR) is 81.4 cm³/mol. The van der Waals surface area contributed by atoms with Gasteiger partial charge in [-0.05, 0) is 51.3 Å². The second kappa shape index (κ2) is 8.28. The van der Waals surface area contributed by atoms with E-state index in [1.165, 1.54) is 0 Å². The fourth-order valence-corrected chi connectivity index (χ4v) is 1.54. The molecule has 0 fully saturated rings. The van der Waals surface area contributed by atoms with E-state index in [0.717, 1.165) is 18.4 Å². The number of carbonyl (C=O) groups is 1. The molecule has 0 atom stereocenters. The average Bonchev–Trinajstić information content (AvgIpc) is 2.39. The number of ether oxygens (including phenoxy) is 2. The Kier molecular flexibility index (Phi) is 7.03. The lowest BCUT2D eigenvalue weighted by atomic mass is 9.97. The van der Waals surface area contributed by atoms with Crippen LogP contribution in [0.1, 0.15) is 32.8 Å². The van der Waals surface area contributed by atoms with E-state index in [1.807, 2.05) is 45.0 Å². The van der Waals surface area contributed by atoms with Crippen molar-refractivity contribution < 1.29 is 14.3 Å². The molecule has 0 amide bonds. The standard InChI is InChI=1S/C16H23ClO3/c1-16(2,3)15(18)20-14-7-5-13(6-8-14)9-12-19-11-4-10-17/h5-8H,4,9-12H2,1-3H3. The maximum atomic E-state index is 11.7. The molecule has 0 aliphatic rings. The molecule has 0 unspecified atom stereocenters. The molecule has 3 nitrogen and oxygen atoms in total. The molecule has 0 saturated heterocycles. The fraction of sp³-hybridized carbons (Fsp3) is 0.562. The molecule has 112 valence electrons. The minimum Gasteiger partial charge on any atom is -0.426 e. The number of carbonyl (C=O) groups excluding carboxylic acids is 1. The van der Waals surface area contributed by atoms with Crippen LogP contribution in [0, 0.1) is 5.41 Å². The molecule has 4 heteroatoms. The van der Waals surface area contributed by atoms with Crippen molar-refractivity contribution in [2.45, 2.75) is 33.6 Å². The zero-order valence-electron chi connectivity index (χ0n) is 12.4. The molecule has 1 rings (SSSR count). The van der Waals surface area contributed by atoms with Gasteiger partial charge in [-0.3, -0.25) is 4.79 Å². The predicted octanol–water partition coefficient (Wildman–Crippen LogP) is 3.83. The SMILES string of the molecule is CC(C)(C)C(=O)Oc1ccc(CCOCCCCl)cc1. The lowest BCUT2D eigenvalue weighted by Crippen LogP contribution is -2.25. The van der Waals surface area contributed by atoms with Gasteiger partial charge >= 0.3 is 5.97 Å². The molecule has 1 aromatic rings. The molecule has 0 radical (unpaired) electrons. The minimum absolute atomic E-state index is 0.227. The van der Waals surface area contributed by atoms with Crippen LogP contribution in [-0.2, 0) is 16.0 Å². The number of alkyl halides is 1. The Morgan fingerprint density at radius 3 is 2.35 bits per heavy atom. The van der Waals surface area contributed by atoms with Gasteiger partial charge in [-0.25, -0.2) is 0 Å². The summed E-state index contributed by atoms with van der Waals surface area (Å²) in [6.07, 6.45) is 1.72. The van der Waals surface area contributed by atoms with E-state index in [9.17, 15) is 4.79 Å². The summed E-state index contributed by atoms with van der Waals surface area (Å²) in [4.78, 5) is 11.7. The van der Waals surface area contributed by atoms with Gasteiger partial charge in [0, 0.05) is 12.5 Å². The largest absolute Gasteiger partial charge is 0.426 e. The molecule has 0 aromatic heterocycles. The van der Waals surface area contributed by atoms with E-state index in [0.29, 0.717) is 24.8 Å². The number of benzene rings is 1. The van der Waals surface area contributed by atoms with Crippen LogP contribution in [0.3, 0.4) is 0 Å². The Morgan fingerprint density at radius 2 is 1.80 bits per heavy atom. The molecule has 0 aliphatic heterocycles. The minimum atomic E-state index is -0.491. The second-order valence-electron chi connectivity index (χ2n) is 5.69. The first kappa shape index (κ1) is 17.0. The van der Waals surface area contributed by atoms with E-state index < -0.39 is 5.41 Å². The summed E-state index contributed by atoms with van der Waals surface area (Å²) < 4.78 is 10.8. The highest BCUT2D eigenvalue weighted by Gasteiger charge is 2.23. The van der Waals surface area contributed by atoms with Gasteiger partial charge in [-0.2, -0.15) is 0 Å². The molecule has 0 aliphatic carbocycles. The molecule has 0 bridgehead atoms. The Hall–Kier alpha value is -1.06. The Balaban J connectivity index is 2.39. The summed E-state index contributed by atoms with van der Waals surface area (Å²) in [7, 11) is 0. The first-order valence-electron chi connectivity index (χ1n) is 6.88. The van der Waals surface area contributed by atoms with Crippen molar-refractivity contribution in [3.8, 4) is 5.75 Å². The average molecular weight is 299 g/mol. The van der Waals surface area contributed by atoms with Gasteiger partial charge < -0.3 is 9.47 Å². The van der Waals surface area contributed by atoms with Crippen LogP contribution >= 0.6 is 11.6 Å². The van der Waals surface area contributed by atoms with E-state index in [4.69, 9.17) is 21.1 Å². The topological polar surface area (TPSA) is 35.5 Å². The highest BCUT2D eigenvalue weighted by atomic mass is 35.5. The van der Waals surface area contributed by atoms with Gasteiger partial charge in [0.15, 0.2) is 0 Å². The third kappa shape index (κ3) is 6.40. The van der Waals surface area contributed by atoms with Gasteiger partial charge in [0.25, 0.3) is 0 Å². The molecule has 1 aromatic carbocycles. The number of rotatable bonds is 7. The van der Waals surface area contributed by atoms with Crippen LogP contribution in [0.2, 0.25) is 0 Å². The third-order valence-electron chi connectivity index (χ3n) is 2.70. The maximum Gasteiger partial charge on any atom is 0.316 e. The van der Waals surface area contributed by atoms with Gasteiger partial charge in [0.05, 0.1) is 12.0 Å². The first-order valence-corrected chi connectivity index (χ1v) is 7.42. The van der Waals surface area contributed by atoms with Crippen molar-refractivity contribution in [2.24, 2.45) is 5.41 Å². The molecule has 20 heavy (non-hydrogen) atoms. The number of esters is 1. The van der Waals surface area contributed by atoms with Crippen LogP contribution in [0.15, 0.2) is 24.3 Å². The summed E-state index contributed by atoms with van der Waals surface area (Å²) >= 11 is 5.57. The van der Waals surface area contributed by atoms with Crippen molar-refractivity contribution >= 4 is 17.6 Å². The van der Waals surface area contributed by atoms with Crippen molar-refractivity contribution in [2.75, 3.05) is 19.1 Å². The van der Waals surface area contributed by atoms with E-state index in [1.54, 1.807) is 0 Å². The van der Waals surface area contributed by atoms with Gasteiger partial charge in [-0.1, -0.05) is 12.1 Å². The van der Waals surface area contributed by atoms with Crippen molar-refractivity contribution in [3.63, 3.8) is 0 Å². The summed E-state index contributed by atoms with van der Waals surface area (Å²) in [5.74, 6) is 0.986. The van der Waals surface area contributed by atoms with Crippen molar-refractivity contribution in [1.29, 1.82) is 0 Å². The van der Waals surface area contributed by atoms with Crippen LogP contribution in [0.4, 0.5) is 0 Å². The smallest absolute Gasteiger partial charge is 0.316 e. The van der Waals surface area contributed by atoms with Crippen LogP contribution in [0.5, 0.6) is 5.75 Å². The number of halogens is 1. The molecule has 0 saturated carbocycles. The lowest BCUT2D eigenvalue weighted by molar-refractivity contribution is -0.142. The van der Waals surface area contributed by atoms with Gasteiger partial charge in [0.1, 0.15) is 5.75 Å². The normalized spacial score (nSPS) is 11.4. The highest BCUT2D eigenvalue weighted by Crippen LogP contribution is 2.19. The van der Waals surface area contributed by atoms with Gasteiger partial charge in [-0.15, -0.1) is 11.6 Å². The summed E-state index contributed by atoms with van der Waals surface area (Å²) in [5.41, 5.74) is 0.668. The van der Waals surface area contributed by atoms with Crippen LogP contribution < -0.4 is 4.74 Å². The Bertz CT molecular complexity index is 407. The lowest BCUT2D eigenvalue weighted by Gasteiger charge is -2.16. The first-order chi connectivity index (χ1) is 9.43. The molecular formula is C16H23ClO3. The van der Waals surface area contributed by atoms with Crippen molar-refractivity contribution in [1.82, 2.24) is 0 Å². The maximum absolute atomic E-state index is 11.7. The summed E-state index contributed by atoms with van der Waals surface area (Å²) in [5, 5.41) is 0. The van der Waals surface area contributed by atoms with E-state index in [-0.39, 0.29) is 5.97 Å². The second-order valence-corrected chi connectivity index (χ2v) is 6.07. The Labute approximate surface area is 126 Å². The molecular weight excluding hydrogens is 276 g/mol. The summed E-state index contributed by atoms with van der Waals surface area (Å²) in [6, 6.07) is 7.54. The molecule has 0 heterocycles. The molecule has 0 N–H and O–H groups in total. The van der Waals surface area contributed by atoms with Crippen LogP contribution in [-0.4, -0.2) is 25.1 Å². The summed E-state index contributed by atoms with van der Waals surface area (Å²) in [6.45, 7) is 6.88. The van der Waals surface area contributed by atoms with Gasteiger partial charge in [0.2, 0.25) is 0 Å². The van der Waals surface area contributed by atoms with Crippen molar-refractivity contribution in [3.05, 3.63) is 29.8 Å². The zero-order valence-corrected chi connectivity index (χ0v) is 13.2. The molecule has 0 spiro atoms. The fourth-order valence-electron chi connectivity index (χ4n) is 1.43. The Morgan fingerprint density at radius 1 is 1.15 bits per heavy atom. The monoisotopic (exact) mass is 298 g/mol. The highest BCUT2D eigenvalue weighted by molar-refractivity contribution is 6.17. The van der Waals surface area contributed by atoms with Crippen LogP contribution in [0.25, 0.3) is 0 Å². The third-order valence-corrected chi connectivity index (χ3v) is 2.97. The zero-order chi connectivity index (χ0) is 15.0.